The van der Waals surface area contributed by atoms with Crippen LogP contribution in [0.3, 0.4) is 0 Å². The van der Waals surface area contributed by atoms with Crippen LogP contribution >= 0.6 is 0 Å². The van der Waals surface area contributed by atoms with E-state index in [1.165, 1.54) is 22.3 Å². The highest BCUT2D eigenvalue weighted by atomic mass is 14.0. The number of aryl methyl sites for hydroxylation is 4. The molecule has 0 amide bonds. The molecule has 0 heteroatoms. The number of hydrogen-bond donors (Lipinski definition) is 0. The van der Waals surface area contributed by atoms with Crippen molar-refractivity contribution in [3.05, 3.63) is 143 Å². The monoisotopic (exact) mass is 462 g/mol. The molecule has 0 saturated carbocycles. The third-order valence-corrected chi connectivity index (χ3v) is 5.89. The van der Waals surface area contributed by atoms with Gasteiger partial charge in [-0.1, -0.05) is 115 Å². The molecule has 0 atom stereocenters. The van der Waals surface area contributed by atoms with Gasteiger partial charge in [-0.05, 0) is 78.0 Å². The molecule has 4 aromatic rings. The summed E-state index contributed by atoms with van der Waals surface area (Å²) in [5.41, 5.74) is 7.23. The van der Waals surface area contributed by atoms with Crippen molar-refractivity contribution in [2.45, 2.75) is 38.5 Å². The Hall–Kier alpha value is -4.44. The van der Waals surface area contributed by atoms with Crippen LogP contribution < -0.4 is 0 Å². The number of rotatable bonds is 7. The highest BCUT2D eigenvalue weighted by Gasteiger charge is 2.01. The molecule has 0 unspecified atom stereocenters. The minimum absolute atomic E-state index is 0.813. The number of benzene rings is 4. The zero-order valence-electron chi connectivity index (χ0n) is 20.6. The first kappa shape index (κ1) is 24.7. The Morgan fingerprint density at radius 1 is 0.389 bits per heavy atom. The molecule has 0 fully saturated rings. The predicted molar refractivity (Wildman–Crippen MR) is 151 cm³/mol. The maximum atomic E-state index is 3.37. The van der Waals surface area contributed by atoms with Crippen molar-refractivity contribution in [3.63, 3.8) is 0 Å². The van der Waals surface area contributed by atoms with Gasteiger partial charge in [0.25, 0.3) is 0 Å². The molecule has 0 spiro atoms. The van der Waals surface area contributed by atoms with Gasteiger partial charge in [-0.25, -0.2) is 0 Å². The van der Waals surface area contributed by atoms with Gasteiger partial charge in [-0.15, -0.1) is 0 Å². The molecule has 0 radical (unpaired) electrons. The fourth-order valence-electron chi connectivity index (χ4n) is 3.99. The topological polar surface area (TPSA) is 0 Å². The first-order valence-corrected chi connectivity index (χ1v) is 12.6. The van der Waals surface area contributed by atoms with Crippen molar-refractivity contribution in [2.75, 3.05) is 0 Å². The molecule has 0 aliphatic heterocycles. The van der Waals surface area contributed by atoms with Crippen LogP contribution in [0, 0.1) is 35.5 Å². The van der Waals surface area contributed by atoms with Gasteiger partial charge in [-0.2, -0.15) is 0 Å². The molecule has 36 heavy (non-hydrogen) atoms. The summed E-state index contributed by atoms with van der Waals surface area (Å²) in [6.07, 6.45) is 5.53. The maximum Gasteiger partial charge on any atom is 0.0270 e. The molecule has 0 aliphatic carbocycles. The zero-order valence-corrected chi connectivity index (χ0v) is 20.6. The summed E-state index contributed by atoms with van der Waals surface area (Å²) in [4.78, 5) is 0. The van der Waals surface area contributed by atoms with Gasteiger partial charge in [0.2, 0.25) is 0 Å². The Morgan fingerprint density at radius 2 is 0.861 bits per heavy atom. The highest BCUT2D eigenvalue weighted by molar-refractivity contribution is 5.48. The van der Waals surface area contributed by atoms with Crippen LogP contribution in [0.2, 0.25) is 0 Å². The quantitative estimate of drug-likeness (QED) is 0.250. The van der Waals surface area contributed by atoms with Gasteiger partial charge in [0.15, 0.2) is 0 Å². The SMILES string of the molecule is C(C#Cc1cc(C#CCCc2ccccc2)cc(CCc2ccccc2)c1)#CCCc1ccccc1. The second-order valence-electron chi connectivity index (χ2n) is 8.73. The minimum Gasteiger partial charge on any atom is -0.0975 e. The lowest BCUT2D eigenvalue weighted by Crippen LogP contribution is -1.93. The molecule has 0 nitrogen and oxygen atoms in total. The van der Waals surface area contributed by atoms with Crippen molar-refractivity contribution in [2.24, 2.45) is 0 Å². The van der Waals surface area contributed by atoms with Gasteiger partial charge >= 0.3 is 0 Å². The average molecular weight is 463 g/mol. The van der Waals surface area contributed by atoms with Crippen LogP contribution in [0.4, 0.5) is 0 Å². The lowest BCUT2D eigenvalue weighted by Gasteiger charge is -2.05. The average Bonchev–Trinajstić information content (AvgIpc) is 2.93. The van der Waals surface area contributed by atoms with E-state index in [1.807, 2.05) is 12.1 Å². The van der Waals surface area contributed by atoms with Crippen LogP contribution in [0.15, 0.2) is 109 Å². The van der Waals surface area contributed by atoms with Crippen LogP contribution in [0.25, 0.3) is 0 Å². The smallest absolute Gasteiger partial charge is 0.0270 e. The minimum atomic E-state index is 0.813. The first-order chi connectivity index (χ1) is 17.8. The standard InChI is InChI=1S/C36H30/c1(6-16-31-17-8-3-9-18-31)2-7-24-34-28-35(25-15-14-23-32-19-10-4-11-20-32)30-36(29-34)27-26-33-21-12-5-13-22-33/h3-5,8-13,17-22,28-30H,6,14,16,23,26-27H2. The summed E-state index contributed by atoms with van der Waals surface area (Å²) < 4.78 is 0. The van der Waals surface area contributed by atoms with E-state index >= 15 is 0 Å². The third kappa shape index (κ3) is 8.73. The Kier molecular flexibility index (Phi) is 9.65. The van der Waals surface area contributed by atoms with E-state index in [2.05, 4.69) is 133 Å². The summed E-state index contributed by atoms with van der Waals surface area (Å²) in [7, 11) is 0. The van der Waals surface area contributed by atoms with Gasteiger partial charge in [0.05, 0.1) is 0 Å². The van der Waals surface area contributed by atoms with Crippen LogP contribution in [0.5, 0.6) is 0 Å². The van der Waals surface area contributed by atoms with Gasteiger partial charge < -0.3 is 0 Å². The summed E-state index contributed by atoms with van der Waals surface area (Å²) in [5.74, 6) is 19.2. The van der Waals surface area contributed by atoms with Crippen LogP contribution in [0.1, 0.15) is 46.2 Å². The molecule has 0 heterocycles. The molecule has 174 valence electrons. The normalized spacial score (nSPS) is 9.67. The second-order valence-corrected chi connectivity index (χ2v) is 8.73. The number of hydrogen-bond acceptors (Lipinski definition) is 0. The lowest BCUT2D eigenvalue weighted by molar-refractivity contribution is 0.959. The van der Waals surface area contributed by atoms with Crippen molar-refractivity contribution in [1.29, 1.82) is 0 Å². The fraction of sp³-hybridized carbons (Fsp3) is 0.167. The summed E-state index contributed by atoms with van der Waals surface area (Å²) in [5, 5.41) is 0. The second kappa shape index (κ2) is 14.1. The zero-order chi connectivity index (χ0) is 24.7. The van der Waals surface area contributed by atoms with E-state index < -0.39 is 0 Å². The molecular weight excluding hydrogens is 432 g/mol. The molecule has 4 aromatic carbocycles. The van der Waals surface area contributed by atoms with E-state index in [0.717, 1.165) is 49.7 Å². The third-order valence-electron chi connectivity index (χ3n) is 5.89. The van der Waals surface area contributed by atoms with E-state index in [9.17, 15) is 0 Å². The Morgan fingerprint density at radius 3 is 1.44 bits per heavy atom. The van der Waals surface area contributed by atoms with Crippen molar-refractivity contribution in [1.82, 2.24) is 0 Å². The molecule has 0 bridgehead atoms. The predicted octanol–water partition coefficient (Wildman–Crippen LogP) is 7.44. The van der Waals surface area contributed by atoms with E-state index in [1.54, 1.807) is 0 Å². The summed E-state index contributed by atoms with van der Waals surface area (Å²) in [6, 6.07) is 38.0. The summed E-state index contributed by atoms with van der Waals surface area (Å²) >= 11 is 0. The molecule has 0 aromatic heterocycles. The van der Waals surface area contributed by atoms with Gasteiger partial charge in [0, 0.05) is 24.0 Å². The van der Waals surface area contributed by atoms with E-state index in [-0.39, 0.29) is 0 Å². The van der Waals surface area contributed by atoms with Crippen molar-refractivity contribution >= 4 is 0 Å². The highest BCUT2D eigenvalue weighted by Crippen LogP contribution is 2.13. The molecule has 0 saturated heterocycles. The maximum absolute atomic E-state index is 3.37. The first-order valence-electron chi connectivity index (χ1n) is 12.6. The molecule has 0 aliphatic rings. The Labute approximate surface area is 216 Å². The largest absolute Gasteiger partial charge is 0.0975 e. The van der Waals surface area contributed by atoms with Crippen LogP contribution in [-0.2, 0) is 25.7 Å². The fourth-order valence-corrected chi connectivity index (χ4v) is 3.99. The van der Waals surface area contributed by atoms with Crippen molar-refractivity contribution < 1.29 is 0 Å². The van der Waals surface area contributed by atoms with Crippen LogP contribution in [-0.4, -0.2) is 0 Å². The van der Waals surface area contributed by atoms with E-state index in [0.29, 0.717) is 0 Å². The van der Waals surface area contributed by atoms with Gasteiger partial charge in [-0.3, -0.25) is 0 Å². The van der Waals surface area contributed by atoms with E-state index in [4.69, 9.17) is 0 Å². The van der Waals surface area contributed by atoms with Gasteiger partial charge in [0.1, 0.15) is 0 Å². The lowest BCUT2D eigenvalue weighted by atomic mass is 10.00. The van der Waals surface area contributed by atoms with Crippen molar-refractivity contribution in [3.8, 4) is 35.5 Å². The molecule has 4 rings (SSSR count). The molecule has 0 N–H and O–H groups in total. The summed E-state index contributed by atoms with van der Waals surface area (Å²) in [6.45, 7) is 0. The molecular formula is C36H30. The Bertz CT molecular complexity index is 1410. The Balaban J connectivity index is 1.43.